The molecule has 1 aromatic rings. The minimum Gasteiger partial charge on any atom is -0.306 e. The Balaban J connectivity index is 2.77. The molecular formula is C9H15NSi. The zero-order valence-corrected chi connectivity index (χ0v) is 9.41. The Bertz CT molecular complexity index is 208. The van der Waals surface area contributed by atoms with E-state index in [1.165, 1.54) is 15.8 Å². The average molecular weight is 165 g/mol. The SMILES string of the molecule is CN(C)[C@@H]([SiH3])c1ccccc1. The summed E-state index contributed by atoms with van der Waals surface area (Å²) < 4.78 is 0. The van der Waals surface area contributed by atoms with Gasteiger partial charge in [0.2, 0.25) is 0 Å². The highest BCUT2D eigenvalue weighted by atomic mass is 28.1. The highest BCUT2D eigenvalue weighted by molar-refractivity contribution is 6.12. The summed E-state index contributed by atoms with van der Waals surface area (Å²) in [7, 11) is 5.45. The molecule has 1 rings (SSSR count). The van der Waals surface area contributed by atoms with E-state index in [2.05, 4.69) is 49.3 Å². The fourth-order valence-corrected chi connectivity index (χ4v) is 1.41. The first-order chi connectivity index (χ1) is 5.22. The molecule has 0 radical (unpaired) electrons. The lowest BCUT2D eigenvalue weighted by Crippen LogP contribution is -2.19. The summed E-state index contributed by atoms with van der Waals surface area (Å²) >= 11 is 0. The summed E-state index contributed by atoms with van der Waals surface area (Å²) in [5.41, 5.74) is 2.08. The van der Waals surface area contributed by atoms with E-state index in [-0.39, 0.29) is 0 Å². The molecule has 0 aliphatic heterocycles. The van der Waals surface area contributed by atoms with E-state index in [9.17, 15) is 0 Å². The Morgan fingerprint density at radius 1 is 1.18 bits per heavy atom. The fraction of sp³-hybridized carbons (Fsp3) is 0.333. The van der Waals surface area contributed by atoms with Gasteiger partial charge in [0.25, 0.3) is 0 Å². The van der Waals surface area contributed by atoms with Crippen LogP contribution in [0.2, 0.25) is 0 Å². The first-order valence-corrected chi connectivity index (χ1v) is 5.08. The highest BCUT2D eigenvalue weighted by Gasteiger charge is 2.04. The van der Waals surface area contributed by atoms with Gasteiger partial charge in [0.15, 0.2) is 0 Å². The van der Waals surface area contributed by atoms with Crippen LogP contribution in [0.5, 0.6) is 0 Å². The van der Waals surface area contributed by atoms with Crippen molar-refractivity contribution in [1.29, 1.82) is 0 Å². The normalized spacial score (nSPS) is 13.7. The maximum atomic E-state index is 2.27. The predicted octanol–water partition coefficient (Wildman–Crippen LogP) is 0.612. The van der Waals surface area contributed by atoms with Gasteiger partial charge in [0.1, 0.15) is 0 Å². The summed E-state index contributed by atoms with van der Waals surface area (Å²) in [4.78, 5) is 2.27. The van der Waals surface area contributed by atoms with Gasteiger partial charge in [0.05, 0.1) is 0 Å². The topological polar surface area (TPSA) is 3.24 Å². The molecule has 0 saturated carbocycles. The van der Waals surface area contributed by atoms with Gasteiger partial charge in [0, 0.05) is 15.9 Å². The largest absolute Gasteiger partial charge is 0.306 e. The van der Waals surface area contributed by atoms with Crippen molar-refractivity contribution in [3.8, 4) is 0 Å². The molecule has 60 valence electrons. The predicted molar refractivity (Wildman–Crippen MR) is 52.8 cm³/mol. The second kappa shape index (κ2) is 3.69. The van der Waals surface area contributed by atoms with Crippen LogP contribution in [0.3, 0.4) is 0 Å². The van der Waals surface area contributed by atoms with Crippen LogP contribution in [-0.2, 0) is 0 Å². The maximum absolute atomic E-state index is 2.27. The number of benzene rings is 1. The first-order valence-electron chi connectivity index (χ1n) is 3.93. The van der Waals surface area contributed by atoms with E-state index < -0.39 is 0 Å². The third kappa shape index (κ3) is 2.17. The zero-order valence-electron chi connectivity index (χ0n) is 7.41. The molecule has 1 nitrogen and oxygen atoms in total. The van der Waals surface area contributed by atoms with Gasteiger partial charge in [-0.2, -0.15) is 0 Å². The lowest BCUT2D eigenvalue weighted by Gasteiger charge is -2.19. The van der Waals surface area contributed by atoms with Crippen LogP contribution < -0.4 is 0 Å². The van der Waals surface area contributed by atoms with Gasteiger partial charge in [-0.15, -0.1) is 0 Å². The molecule has 0 fully saturated rings. The van der Waals surface area contributed by atoms with Crippen molar-refractivity contribution in [2.24, 2.45) is 0 Å². The van der Waals surface area contributed by atoms with E-state index in [1.807, 2.05) is 0 Å². The molecule has 0 aliphatic rings. The minimum atomic E-state index is 0.649. The Morgan fingerprint density at radius 3 is 2.18 bits per heavy atom. The summed E-state index contributed by atoms with van der Waals surface area (Å²) in [5, 5.41) is 0. The highest BCUT2D eigenvalue weighted by Crippen LogP contribution is 2.12. The van der Waals surface area contributed by atoms with Crippen LogP contribution >= 0.6 is 0 Å². The number of hydrogen-bond donors (Lipinski definition) is 0. The monoisotopic (exact) mass is 165 g/mol. The average Bonchev–Trinajstić information content (AvgIpc) is 2.05. The van der Waals surface area contributed by atoms with E-state index in [0.717, 1.165) is 0 Å². The van der Waals surface area contributed by atoms with Crippen molar-refractivity contribution < 1.29 is 0 Å². The van der Waals surface area contributed by atoms with E-state index in [4.69, 9.17) is 0 Å². The van der Waals surface area contributed by atoms with Gasteiger partial charge in [-0.25, -0.2) is 0 Å². The van der Waals surface area contributed by atoms with Crippen LogP contribution in [0.4, 0.5) is 0 Å². The van der Waals surface area contributed by atoms with Crippen molar-refractivity contribution >= 4 is 10.2 Å². The van der Waals surface area contributed by atoms with E-state index in [1.54, 1.807) is 0 Å². The molecular weight excluding hydrogens is 150 g/mol. The van der Waals surface area contributed by atoms with Crippen LogP contribution in [0.25, 0.3) is 0 Å². The lowest BCUT2D eigenvalue weighted by atomic mass is 10.2. The Morgan fingerprint density at radius 2 is 1.73 bits per heavy atom. The molecule has 11 heavy (non-hydrogen) atoms. The van der Waals surface area contributed by atoms with Crippen LogP contribution in [0.15, 0.2) is 30.3 Å². The van der Waals surface area contributed by atoms with E-state index >= 15 is 0 Å². The molecule has 0 N–H and O–H groups in total. The summed E-state index contributed by atoms with van der Waals surface area (Å²) in [6.07, 6.45) is 0. The van der Waals surface area contributed by atoms with Crippen LogP contribution in [0.1, 0.15) is 11.2 Å². The number of rotatable bonds is 2. The fourth-order valence-electron chi connectivity index (χ4n) is 1.03. The molecule has 2 heteroatoms. The molecule has 1 aromatic carbocycles. The van der Waals surface area contributed by atoms with Crippen molar-refractivity contribution in [3.63, 3.8) is 0 Å². The molecule has 0 aromatic heterocycles. The molecule has 0 saturated heterocycles. The van der Waals surface area contributed by atoms with Gasteiger partial charge in [-0.3, -0.25) is 0 Å². The summed E-state index contributed by atoms with van der Waals surface area (Å²) in [6.45, 7) is 0. The third-order valence-corrected chi connectivity index (χ3v) is 3.76. The number of hydrogen-bond acceptors (Lipinski definition) is 1. The third-order valence-electron chi connectivity index (χ3n) is 2.06. The van der Waals surface area contributed by atoms with Crippen molar-refractivity contribution in [1.82, 2.24) is 4.90 Å². The molecule has 0 aliphatic carbocycles. The quantitative estimate of drug-likeness (QED) is 0.581. The van der Waals surface area contributed by atoms with Gasteiger partial charge in [-0.1, -0.05) is 30.3 Å². The number of nitrogens with zero attached hydrogens (tertiary/aromatic N) is 1. The van der Waals surface area contributed by atoms with Gasteiger partial charge < -0.3 is 4.90 Å². The molecule has 0 spiro atoms. The van der Waals surface area contributed by atoms with Crippen molar-refractivity contribution in [2.45, 2.75) is 5.67 Å². The second-order valence-corrected chi connectivity index (χ2v) is 4.14. The van der Waals surface area contributed by atoms with Crippen molar-refractivity contribution in [3.05, 3.63) is 35.9 Å². The Labute approximate surface area is 71.5 Å². The molecule has 0 bridgehead atoms. The Hall–Kier alpha value is -0.603. The molecule has 0 heterocycles. The first kappa shape index (κ1) is 8.49. The standard InChI is InChI=1S/C9H15NSi/c1-10(2)9(11)8-6-4-3-5-7-8/h3-7,9H,1-2,11H3/t9-/m0/s1. The zero-order chi connectivity index (χ0) is 8.27. The second-order valence-electron chi connectivity index (χ2n) is 3.05. The summed E-state index contributed by atoms with van der Waals surface area (Å²) in [5.74, 6) is 0. The van der Waals surface area contributed by atoms with Crippen LogP contribution in [-0.4, -0.2) is 29.2 Å². The molecule has 0 amide bonds. The smallest absolute Gasteiger partial charge is 0.0300 e. The van der Waals surface area contributed by atoms with E-state index in [0.29, 0.717) is 5.67 Å². The molecule has 0 unspecified atom stereocenters. The van der Waals surface area contributed by atoms with Gasteiger partial charge >= 0.3 is 0 Å². The summed E-state index contributed by atoms with van der Waals surface area (Å²) in [6, 6.07) is 10.6. The van der Waals surface area contributed by atoms with Gasteiger partial charge in [-0.05, 0) is 19.7 Å². The maximum Gasteiger partial charge on any atom is 0.0300 e. The van der Waals surface area contributed by atoms with Crippen molar-refractivity contribution in [2.75, 3.05) is 14.1 Å². The molecule has 1 atom stereocenters. The Kier molecular flexibility index (Phi) is 2.85. The van der Waals surface area contributed by atoms with Crippen LogP contribution in [0, 0.1) is 0 Å². The minimum absolute atomic E-state index is 0.649. The lowest BCUT2D eigenvalue weighted by molar-refractivity contribution is 0.384.